The molecule has 0 bridgehead atoms. The second kappa shape index (κ2) is 11.5. The van der Waals surface area contributed by atoms with Gasteiger partial charge in [-0.1, -0.05) is 6.92 Å². The molecule has 19 heavy (non-hydrogen) atoms. The molecule has 1 rings (SSSR count). The zero-order chi connectivity index (χ0) is 12.7. The first-order valence-electron chi connectivity index (χ1n) is 6.07. The predicted molar refractivity (Wildman–Crippen MR) is 85.6 cm³/mol. The van der Waals surface area contributed by atoms with Gasteiger partial charge in [0.05, 0.1) is 5.01 Å². The van der Waals surface area contributed by atoms with E-state index in [0.717, 1.165) is 24.3 Å². The van der Waals surface area contributed by atoms with Crippen LogP contribution >= 0.6 is 36.2 Å². The number of amides is 1. The molecule has 3 N–H and O–H groups in total. The van der Waals surface area contributed by atoms with Crippen molar-refractivity contribution < 1.29 is 4.79 Å². The van der Waals surface area contributed by atoms with Gasteiger partial charge in [0.2, 0.25) is 5.91 Å². The Balaban J connectivity index is 0. The molecule has 0 radical (unpaired) electrons. The van der Waals surface area contributed by atoms with Crippen LogP contribution in [0.3, 0.4) is 0 Å². The Kier molecular flexibility index (Phi) is 12.6. The Hall–Kier alpha value is -0.360. The minimum atomic E-state index is 0. The smallest absolute Gasteiger partial charge is 0.220 e. The standard InChI is InChI=1S/C12H21N3OS.2ClH/c1-3-10-8-15-12(17-10)6-7-14-11(16)5-4-9(2)13;;/h8-9H,3-7,13H2,1-2H3,(H,14,16);2*1H. The van der Waals surface area contributed by atoms with Gasteiger partial charge in [-0.3, -0.25) is 4.79 Å². The minimum Gasteiger partial charge on any atom is -0.356 e. The lowest BCUT2D eigenvalue weighted by atomic mass is 10.2. The molecule has 1 atom stereocenters. The lowest BCUT2D eigenvalue weighted by Crippen LogP contribution is -2.27. The molecule has 112 valence electrons. The van der Waals surface area contributed by atoms with Crippen LogP contribution in [0.25, 0.3) is 0 Å². The summed E-state index contributed by atoms with van der Waals surface area (Å²) in [5.74, 6) is 0.0783. The molecule has 0 spiro atoms. The summed E-state index contributed by atoms with van der Waals surface area (Å²) in [6.07, 6.45) is 5.00. The van der Waals surface area contributed by atoms with Gasteiger partial charge in [-0.2, -0.15) is 0 Å². The van der Waals surface area contributed by atoms with Crippen LogP contribution in [-0.4, -0.2) is 23.5 Å². The topological polar surface area (TPSA) is 68.0 Å². The fourth-order valence-electron chi connectivity index (χ4n) is 1.38. The van der Waals surface area contributed by atoms with Crippen molar-refractivity contribution in [3.8, 4) is 0 Å². The maximum absolute atomic E-state index is 11.4. The van der Waals surface area contributed by atoms with Gasteiger partial charge in [0, 0.05) is 36.5 Å². The van der Waals surface area contributed by atoms with Crippen molar-refractivity contribution in [2.24, 2.45) is 5.73 Å². The van der Waals surface area contributed by atoms with Gasteiger partial charge in [0.15, 0.2) is 0 Å². The maximum atomic E-state index is 11.4. The number of aromatic nitrogens is 1. The summed E-state index contributed by atoms with van der Waals surface area (Å²) < 4.78 is 0. The van der Waals surface area contributed by atoms with E-state index >= 15 is 0 Å². The number of nitrogens with zero attached hydrogens (tertiary/aromatic N) is 1. The molecule has 1 heterocycles. The van der Waals surface area contributed by atoms with Crippen molar-refractivity contribution in [2.75, 3.05) is 6.54 Å². The monoisotopic (exact) mass is 327 g/mol. The predicted octanol–water partition coefficient (Wildman–Crippen LogP) is 2.34. The third-order valence-corrected chi connectivity index (χ3v) is 3.64. The quantitative estimate of drug-likeness (QED) is 0.807. The van der Waals surface area contributed by atoms with E-state index in [-0.39, 0.29) is 36.8 Å². The Morgan fingerprint density at radius 1 is 1.53 bits per heavy atom. The Bertz CT molecular complexity index is 358. The zero-order valence-corrected chi connectivity index (χ0v) is 13.8. The van der Waals surface area contributed by atoms with Crippen LogP contribution in [-0.2, 0) is 17.6 Å². The van der Waals surface area contributed by atoms with Crippen molar-refractivity contribution in [3.63, 3.8) is 0 Å². The number of aryl methyl sites for hydroxylation is 1. The van der Waals surface area contributed by atoms with E-state index in [1.165, 1.54) is 4.88 Å². The van der Waals surface area contributed by atoms with Crippen molar-refractivity contribution in [3.05, 3.63) is 16.1 Å². The zero-order valence-electron chi connectivity index (χ0n) is 11.3. The van der Waals surface area contributed by atoms with Gasteiger partial charge in [0.25, 0.3) is 0 Å². The molecule has 0 aliphatic heterocycles. The molecule has 1 aromatic heterocycles. The average Bonchev–Trinajstić information content (AvgIpc) is 2.74. The Labute approximate surface area is 131 Å². The van der Waals surface area contributed by atoms with Crippen LogP contribution in [0, 0.1) is 0 Å². The highest BCUT2D eigenvalue weighted by Crippen LogP contribution is 2.13. The van der Waals surface area contributed by atoms with E-state index in [9.17, 15) is 4.79 Å². The van der Waals surface area contributed by atoms with E-state index < -0.39 is 0 Å². The molecular formula is C12H23Cl2N3OS. The first-order chi connectivity index (χ1) is 8.11. The van der Waals surface area contributed by atoms with Crippen LogP contribution in [0.5, 0.6) is 0 Å². The van der Waals surface area contributed by atoms with E-state index in [0.29, 0.717) is 13.0 Å². The van der Waals surface area contributed by atoms with Crippen LogP contribution in [0.2, 0.25) is 0 Å². The second-order valence-electron chi connectivity index (χ2n) is 4.19. The fraction of sp³-hybridized carbons (Fsp3) is 0.667. The molecule has 7 heteroatoms. The molecule has 0 aromatic carbocycles. The number of nitrogens with one attached hydrogen (secondary N) is 1. The van der Waals surface area contributed by atoms with Gasteiger partial charge < -0.3 is 11.1 Å². The molecular weight excluding hydrogens is 305 g/mol. The van der Waals surface area contributed by atoms with Crippen molar-refractivity contribution >= 4 is 42.1 Å². The number of carbonyl (C=O) groups is 1. The number of carbonyl (C=O) groups excluding carboxylic acids is 1. The number of hydrogen-bond donors (Lipinski definition) is 2. The lowest BCUT2D eigenvalue weighted by Gasteiger charge is -2.05. The highest BCUT2D eigenvalue weighted by molar-refractivity contribution is 7.11. The molecule has 0 saturated heterocycles. The van der Waals surface area contributed by atoms with Gasteiger partial charge >= 0.3 is 0 Å². The number of thiazole rings is 1. The number of rotatable bonds is 7. The third kappa shape index (κ3) is 9.21. The maximum Gasteiger partial charge on any atom is 0.220 e. The van der Waals surface area contributed by atoms with E-state index in [2.05, 4.69) is 17.2 Å². The fourth-order valence-corrected chi connectivity index (χ4v) is 2.24. The van der Waals surface area contributed by atoms with Crippen LogP contribution < -0.4 is 11.1 Å². The first-order valence-corrected chi connectivity index (χ1v) is 6.89. The van der Waals surface area contributed by atoms with Gasteiger partial charge in [-0.15, -0.1) is 36.2 Å². The molecule has 1 amide bonds. The van der Waals surface area contributed by atoms with E-state index in [1.807, 2.05) is 13.1 Å². The third-order valence-electron chi connectivity index (χ3n) is 2.44. The average molecular weight is 328 g/mol. The SMILES string of the molecule is CCc1cnc(CCNC(=O)CCC(C)N)s1.Cl.Cl. The van der Waals surface area contributed by atoms with Crippen LogP contribution in [0.4, 0.5) is 0 Å². The van der Waals surface area contributed by atoms with Crippen LogP contribution in [0.1, 0.15) is 36.6 Å². The Morgan fingerprint density at radius 3 is 2.74 bits per heavy atom. The molecule has 0 aliphatic carbocycles. The van der Waals surface area contributed by atoms with E-state index in [1.54, 1.807) is 11.3 Å². The molecule has 0 aliphatic rings. The van der Waals surface area contributed by atoms with Crippen LogP contribution in [0.15, 0.2) is 6.20 Å². The number of hydrogen-bond acceptors (Lipinski definition) is 4. The minimum absolute atomic E-state index is 0. The van der Waals surface area contributed by atoms with Gasteiger partial charge in [0.1, 0.15) is 0 Å². The summed E-state index contributed by atoms with van der Waals surface area (Å²) in [7, 11) is 0. The van der Waals surface area contributed by atoms with Crippen molar-refractivity contribution in [1.29, 1.82) is 0 Å². The molecule has 4 nitrogen and oxygen atoms in total. The number of halogens is 2. The van der Waals surface area contributed by atoms with E-state index in [4.69, 9.17) is 5.73 Å². The molecule has 0 saturated carbocycles. The lowest BCUT2D eigenvalue weighted by molar-refractivity contribution is -0.121. The molecule has 1 aromatic rings. The normalized spacial score (nSPS) is 11.1. The Morgan fingerprint density at radius 2 is 2.21 bits per heavy atom. The summed E-state index contributed by atoms with van der Waals surface area (Å²) in [5, 5.41) is 3.98. The summed E-state index contributed by atoms with van der Waals surface area (Å²) in [5.41, 5.74) is 5.59. The van der Waals surface area contributed by atoms with Gasteiger partial charge in [-0.05, 0) is 19.8 Å². The van der Waals surface area contributed by atoms with Gasteiger partial charge in [-0.25, -0.2) is 4.98 Å². The highest BCUT2D eigenvalue weighted by Gasteiger charge is 2.04. The highest BCUT2D eigenvalue weighted by atomic mass is 35.5. The summed E-state index contributed by atoms with van der Waals surface area (Å²) >= 11 is 1.72. The largest absolute Gasteiger partial charge is 0.356 e. The molecule has 0 fully saturated rings. The number of nitrogens with two attached hydrogens (primary N) is 1. The summed E-state index contributed by atoms with van der Waals surface area (Å²) in [6.45, 7) is 4.69. The summed E-state index contributed by atoms with van der Waals surface area (Å²) in [4.78, 5) is 17.0. The van der Waals surface area contributed by atoms with Crippen molar-refractivity contribution in [2.45, 2.75) is 45.6 Å². The molecule has 1 unspecified atom stereocenters. The van der Waals surface area contributed by atoms with Crippen molar-refractivity contribution in [1.82, 2.24) is 10.3 Å². The second-order valence-corrected chi connectivity index (χ2v) is 5.39. The summed E-state index contributed by atoms with van der Waals surface area (Å²) in [6, 6.07) is 0.0897. The first kappa shape index (κ1) is 20.9.